The Labute approximate surface area is 145 Å². The lowest BCUT2D eigenvalue weighted by atomic mass is 10.1. The van der Waals surface area contributed by atoms with Gasteiger partial charge in [0.15, 0.2) is 11.6 Å². The molecular weight excluding hydrogens is 345 g/mol. The minimum absolute atomic E-state index is 0.114. The molecule has 2 aromatic carbocycles. The SMILES string of the molecule is O=[SH](=O)NCCCc1ccc(F)c(Oc2ccc3nccnc3c2)c1. The van der Waals surface area contributed by atoms with Crippen LogP contribution in [0.25, 0.3) is 11.0 Å². The van der Waals surface area contributed by atoms with Crippen LogP contribution in [-0.4, -0.2) is 24.9 Å². The summed E-state index contributed by atoms with van der Waals surface area (Å²) in [5, 5.41) is 0. The van der Waals surface area contributed by atoms with E-state index in [2.05, 4.69) is 14.7 Å². The molecule has 0 atom stereocenters. The summed E-state index contributed by atoms with van der Waals surface area (Å²) >= 11 is 0. The van der Waals surface area contributed by atoms with Crippen molar-refractivity contribution >= 4 is 21.9 Å². The molecular formula is C17H16FN3O3S. The second-order valence-corrected chi connectivity index (χ2v) is 6.17. The maximum atomic E-state index is 14.0. The van der Waals surface area contributed by atoms with Gasteiger partial charge >= 0.3 is 0 Å². The zero-order valence-corrected chi connectivity index (χ0v) is 14.1. The number of thiol groups is 1. The topological polar surface area (TPSA) is 81.2 Å². The number of aromatic nitrogens is 2. The van der Waals surface area contributed by atoms with Gasteiger partial charge in [-0.2, -0.15) is 0 Å². The highest BCUT2D eigenvalue weighted by molar-refractivity contribution is 7.70. The predicted octanol–water partition coefficient (Wildman–Crippen LogP) is 2.61. The number of hydrogen-bond donors (Lipinski definition) is 2. The van der Waals surface area contributed by atoms with Crippen LogP contribution in [0.5, 0.6) is 11.5 Å². The lowest BCUT2D eigenvalue weighted by Crippen LogP contribution is -2.13. The van der Waals surface area contributed by atoms with E-state index in [4.69, 9.17) is 4.74 Å². The highest BCUT2D eigenvalue weighted by Gasteiger charge is 2.08. The number of nitrogens with one attached hydrogen (secondary N) is 1. The molecule has 0 aliphatic carbocycles. The van der Waals surface area contributed by atoms with Crippen molar-refractivity contribution < 1.29 is 17.5 Å². The van der Waals surface area contributed by atoms with E-state index in [-0.39, 0.29) is 5.75 Å². The van der Waals surface area contributed by atoms with Crippen molar-refractivity contribution in [2.75, 3.05) is 6.54 Å². The first-order valence-electron chi connectivity index (χ1n) is 7.67. The molecule has 0 amide bonds. The number of nitrogens with zero attached hydrogens (tertiary/aromatic N) is 2. The molecule has 8 heteroatoms. The molecule has 1 N–H and O–H groups in total. The maximum Gasteiger partial charge on any atom is 0.201 e. The Morgan fingerprint density at radius 2 is 1.84 bits per heavy atom. The van der Waals surface area contributed by atoms with Gasteiger partial charge in [-0.15, -0.1) is 0 Å². The van der Waals surface area contributed by atoms with Gasteiger partial charge in [0.1, 0.15) is 5.75 Å². The first-order chi connectivity index (χ1) is 12.1. The molecule has 130 valence electrons. The van der Waals surface area contributed by atoms with Crippen molar-refractivity contribution in [2.45, 2.75) is 12.8 Å². The van der Waals surface area contributed by atoms with E-state index in [1.807, 2.05) is 0 Å². The van der Waals surface area contributed by atoms with Crippen LogP contribution >= 0.6 is 0 Å². The van der Waals surface area contributed by atoms with E-state index in [1.165, 1.54) is 6.07 Å². The van der Waals surface area contributed by atoms with Gasteiger partial charge in [0.2, 0.25) is 10.9 Å². The van der Waals surface area contributed by atoms with E-state index in [0.717, 1.165) is 11.1 Å². The average Bonchev–Trinajstić information content (AvgIpc) is 2.61. The molecule has 6 nitrogen and oxygen atoms in total. The molecule has 25 heavy (non-hydrogen) atoms. The number of hydrogen-bond acceptors (Lipinski definition) is 5. The summed E-state index contributed by atoms with van der Waals surface area (Å²) in [6, 6.07) is 9.78. The van der Waals surface area contributed by atoms with Gasteiger partial charge in [-0.3, -0.25) is 9.97 Å². The van der Waals surface area contributed by atoms with Crippen molar-refractivity contribution in [1.82, 2.24) is 14.7 Å². The molecule has 1 aromatic heterocycles. The predicted molar refractivity (Wildman–Crippen MR) is 92.7 cm³/mol. The van der Waals surface area contributed by atoms with Gasteiger partial charge in [-0.05, 0) is 42.7 Å². The molecule has 0 unspecified atom stereocenters. The molecule has 3 rings (SSSR count). The van der Waals surface area contributed by atoms with Crippen LogP contribution in [0.1, 0.15) is 12.0 Å². The Morgan fingerprint density at radius 1 is 1.04 bits per heavy atom. The van der Waals surface area contributed by atoms with Crippen molar-refractivity contribution in [3.05, 3.63) is 60.2 Å². The van der Waals surface area contributed by atoms with E-state index in [1.54, 1.807) is 42.7 Å². The fraction of sp³-hybridized carbons (Fsp3) is 0.176. The second-order valence-electron chi connectivity index (χ2n) is 5.34. The first-order valence-corrected chi connectivity index (χ1v) is 8.84. The highest BCUT2D eigenvalue weighted by atomic mass is 32.2. The summed E-state index contributed by atoms with van der Waals surface area (Å²) in [6.45, 7) is 0.343. The minimum Gasteiger partial charge on any atom is -0.454 e. The molecule has 0 saturated heterocycles. The summed E-state index contributed by atoms with van der Waals surface area (Å²) in [5.74, 6) is 0.112. The van der Waals surface area contributed by atoms with Crippen LogP contribution in [0.15, 0.2) is 48.8 Å². The first kappa shape index (κ1) is 17.2. The van der Waals surface area contributed by atoms with Crippen LogP contribution in [0.4, 0.5) is 4.39 Å². The highest BCUT2D eigenvalue weighted by Crippen LogP contribution is 2.27. The Morgan fingerprint density at radius 3 is 2.64 bits per heavy atom. The summed E-state index contributed by atoms with van der Waals surface area (Å²) in [7, 11) is -2.59. The Hall–Kier alpha value is -2.58. The Kier molecular flexibility index (Phi) is 5.52. The van der Waals surface area contributed by atoms with Gasteiger partial charge in [-0.1, -0.05) is 6.07 Å². The Balaban J connectivity index is 1.73. The largest absolute Gasteiger partial charge is 0.454 e. The third kappa shape index (κ3) is 4.71. The summed E-state index contributed by atoms with van der Waals surface area (Å²) in [5.41, 5.74) is 2.25. The zero-order chi connectivity index (χ0) is 17.6. The molecule has 1 heterocycles. The van der Waals surface area contributed by atoms with Crippen molar-refractivity contribution in [3.63, 3.8) is 0 Å². The van der Waals surface area contributed by atoms with Gasteiger partial charge in [0.05, 0.1) is 11.0 Å². The molecule has 0 radical (unpaired) electrons. The van der Waals surface area contributed by atoms with Crippen LogP contribution in [0.2, 0.25) is 0 Å². The quantitative estimate of drug-likeness (QED) is 0.499. The zero-order valence-electron chi connectivity index (χ0n) is 13.2. The second kappa shape index (κ2) is 8.00. The fourth-order valence-electron chi connectivity index (χ4n) is 2.38. The van der Waals surface area contributed by atoms with Crippen molar-refractivity contribution in [2.24, 2.45) is 0 Å². The van der Waals surface area contributed by atoms with Crippen LogP contribution in [-0.2, 0) is 17.3 Å². The Bertz CT molecular complexity index is 955. The lowest BCUT2D eigenvalue weighted by Gasteiger charge is -2.09. The lowest BCUT2D eigenvalue weighted by molar-refractivity contribution is 0.442. The monoisotopic (exact) mass is 361 g/mol. The molecule has 0 spiro atoms. The number of halogens is 1. The summed E-state index contributed by atoms with van der Waals surface area (Å²) in [6.07, 6.45) is 4.40. The molecule has 0 aliphatic rings. The van der Waals surface area contributed by atoms with Crippen LogP contribution in [0, 0.1) is 5.82 Å². The molecule has 3 aromatic rings. The molecule has 0 fully saturated rings. The summed E-state index contributed by atoms with van der Waals surface area (Å²) in [4.78, 5) is 8.37. The van der Waals surface area contributed by atoms with E-state index < -0.39 is 16.7 Å². The normalized spacial score (nSPS) is 11.1. The number of fused-ring (bicyclic) bond motifs is 1. The van der Waals surface area contributed by atoms with Gasteiger partial charge in [0.25, 0.3) is 0 Å². The number of rotatable bonds is 7. The van der Waals surface area contributed by atoms with Gasteiger partial charge in [-0.25, -0.2) is 17.5 Å². The summed E-state index contributed by atoms with van der Waals surface area (Å²) < 4.78 is 42.9. The molecule has 0 aliphatic heterocycles. The third-order valence-corrected chi connectivity index (χ3v) is 4.03. The molecule has 0 bridgehead atoms. The smallest absolute Gasteiger partial charge is 0.201 e. The van der Waals surface area contributed by atoms with E-state index in [0.29, 0.717) is 30.7 Å². The van der Waals surface area contributed by atoms with Crippen LogP contribution in [0.3, 0.4) is 0 Å². The van der Waals surface area contributed by atoms with Gasteiger partial charge < -0.3 is 4.74 Å². The third-order valence-electron chi connectivity index (χ3n) is 3.55. The van der Waals surface area contributed by atoms with Crippen molar-refractivity contribution in [1.29, 1.82) is 0 Å². The maximum absolute atomic E-state index is 14.0. The van der Waals surface area contributed by atoms with E-state index in [9.17, 15) is 12.8 Å². The van der Waals surface area contributed by atoms with E-state index >= 15 is 0 Å². The van der Waals surface area contributed by atoms with Crippen LogP contribution < -0.4 is 9.46 Å². The van der Waals surface area contributed by atoms with Crippen molar-refractivity contribution in [3.8, 4) is 11.5 Å². The van der Waals surface area contributed by atoms with Gasteiger partial charge in [0, 0.05) is 25.0 Å². The number of benzene rings is 2. The number of aryl methyl sites for hydroxylation is 1. The minimum atomic E-state index is -2.59. The average molecular weight is 361 g/mol. The number of ether oxygens (including phenoxy) is 1. The fourth-order valence-corrected chi connectivity index (χ4v) is 2.72. The standard InChI is InChI=1S/C17H16FN3O3S/c18-14-5-3-12(2-1-7-21-25(22)23)10-17(14)24-13-4-6-15-16(11-13)20-9-8-19-15/h3-6,8-11,25H,1-2,7H2,(H,21,22,23). The molecule has 0 saturated carbocycles.